The second-order valence-electron chi connectivity index (χ2n) is 4.43. The number of rotatable bonds is 4. The zero-order valence-electron chi connectivity index (χ0n) is 8.25. The maximum atomic E-state index is 10.7. The quantitative estimate of drug-likeness (QED) is 0.590. The molecule has 0 spiro atoms. The van der Waals surface area contributed by atoms with Crippen molar-refractivity contribution in [2.45, 2.75) is 46.0 Å². The summed E-state index contributed by atoms with van der Waals surface area (Å²) in [6.07, 6.45) is 7.78. The van der Waals surface area contributed by atoms with Gasteiger partial charge < -0.3 is 4.79 Å². The largest absolute Gasteiger partial charge is 0.303 e. The van der Waals surface area contributed by atoms with Gasteiger partial charge in [-0.2, -0.15) is 0 Å². The van der Waals surface area contributed by atoms with Crippen molar-refractivity contribution in [3.63, 3.8) is 0 Å². The minimum absolute atomic E-state index is 0.313. The summed E-state index contributed by atoms with van der Waals surface area (Å²) in [6.45, 7) is 4.29. The zero-order chi connectivity index (χ0) is 8.97. The summed E-state index contributed by atoms with van der Waals surface area (Å²) in [5.41, 5.74) is 0. The number of hydrogen-bond donors (Lipinski definition) is 0. The number of aldehydes is 1. The van der Waals surface area contributed by atoms with Crippen LogP contribution < -0.4 is 0 Å². The Bertz CT molecular complexity index is 134. The predicted molar refractivity (Wildman–Crippen MR) is 51.0 cm³/mol. The molecule has 1 saturated carbocycles. The maximum absolute atomic E-state index is 10.7. The van der Waals surface area contributed by atoms with E-state index in [9.17, 15) is 4.79 Å². The Kier molecular flexibility index (Phi) is 3.77. The summed E-state index contributed by atoms with van der Waals surface area (Å²) in [4.78, 5) is 10.7. The van der Waals surface area contributed by atoms with E-state index in [0.717, 1.165) is 18.6 Å². The molecular formula is C11H20O. The Hall–Kier alpha value is -0.330. The summed E-state index contributed by atoms with van der Waals surface area (Å²) in [6, 6.07) is 0. The van der Waals surface area contributed by atoms with Gasteiger partial charge in [0.25, 0.3) is 0 Å². The van der Waals surface area contributed by atoms with Crippen molar-refractivity contribution in [2.24, 2.45) is 17.8 Å². The fourth-order valence-electron chi connectivity index (χ4n) is 2.12. The summed E-state index contributed by atoms with van der Waals surface area (Å²) < 4.78 is 0. The van der Waals surface area contributed by atoms with Gasteiger partial charge in [0.2, 0.25) is 0 Å². The van der Waals surface area contributed by atoms with E-state index in [-0.39, 0.29) is 0 Å². The van der Waals surface area contributed by atoms with Crippen LogP contribution in [-0.4, -0.2) is 6.29 Å². The van der Waals surface area contributed by atoms with Gasteiger partial charge in [0, 0.05) is 5.92 Å². The molecule has 1 aliphatic rings. The molecule has 70 valence electrons. The number of carbonyl (C=O) groups is 1. The molecular weight excluding hydrogens is 148 g/mol. The van der Waals surface area contributed by atoms with Crippen molar-refractivity contribution in [1.29, 1.82) is 0 Å². The molecule has 0 bridgehead atoms. The molecule has 0 heterocycles. The Morgan fingerprint density at radius 3 is 2.33 bits per heavy atom. The normalized spacial score (nSPS) is 21.6. The van der Waals surface area contributed by atoms with Gasteiger partial charge in [0.1, 0.15) is 6.29 Å². The van der Waals surface area contributed by atoms with Gasteiger partial charge in [-0.15, -0.1) is 0 Å². The average molecular weight is 168 g/mol. The van der Waals surface area contributed by atoms with E-state index in [2.05, 4.69) is 13.8 Å². The first-order valence-electron chi connectivity index (χ1n) is 5.19. The Morgan fingerprint density at radius 2 is 1.92 bits per heavy atom. The fourth-order valence-corrected chi connectivity index (χ4v) is 2.12. The van der Waals surface area contributed by atoms with Crippen molar-refractivity contribution < 1.29 is 4.79 Å². The molecule has 1 fully saturated rings. The van der Waals surface area contributed by atoms with Crippen LogP contribution in [0.15, 0.2) is 0 Å². The molecule has 0 N–H and O–H groups in total. The van der Waals surface area contributed by atoms with Gasteiger partial charge >= 0.3 is 0 Å². The summed E-state index contributed by atoms with van der Waals surface area (Å²) in [5.74, 6) is 1.69. The summed E-state index contributed by atoms with van der Waals surface area (Å²) in [5, 5.41) is 0. The van der Waals surface area contributed by atoms with Gasteiger partial charge in [-0.3, -0.25) is 0 Å². The van der Waals surface area contributed by atoms with Crippen LogP contribution >= 0.6 is 0 Å². The van der Waals surface area contributed by atoms with Crippen molar-refractivity contribution >= 4 is 6.29 Å². The maximum Gasteiger partial charge on any atom is 0.123 e. The van der Waals surface area contributed by atoms with E-state index in [1.165, 1.54) is 25.7 Å². The van der Waals surface area contributed by atoms with E-state index in [0.29, 0.717) is 11.8 Å². The van der Waals surface area contributed by atoms with Crippen LogP contribution in [0.5, 0.6) is 0 Å². The minimum Gasteiger partial charge on any atom is -0.303 e. The molecule has 1 unspecified atom stereocenters. The Morgan fingerprint density at radius 1 is 1.33 bits per heavy atom. The monoisotopic (exact) mass is 168 g/mol. The van der Waals surface area contributed by atoms with Crippen LogP contribution in [0.2, 0.25) is 0 Å². The fraction of sp³-hybridized carbons (Fsp3) is 0.909. The van der Waals surface area contributed by atoms with Crippen LogP contribution in [0.4, 0.5) is 0 Å². The van der Waals surface area contributed by atoms with Gasteiger partial charge in [-0.1, -0.05) is 39.5 Å². The molecule has 1 heteroatoms. The first kappa shape index (κ1) is 9.76. The van der Waals surface area contributed by atoms with Crippen LogP contribution in [0.1, 0.15) is 46.0 Å². The van der Waals surface area contributed by atoms with Gasteiger partial charge in [-0.05, 0) is 18.3 Å². The third-order valence-electron chi connectivity index (χ3n) is 3.11. The summed E-state index contributed by atoms with van der Waals surface area (Å²) >= 11 is 0. The van der Waals surface area contributed by atoms with Gasteiger partial charge in [0.05, 0.1) is 0 Å². The van der Waals surface area contributed by atoms with Crippen molar-refractivity contribution in [3.8, 4) is 0 Å². The lowest BCUT2D eigenvalue weighted by atomic mass is 9.87. The number of hydrogen-bond acceptors (Lipinski definition) is 1. The smallest absolute Gasteiger partial charge is 0.123 e. The number of carbonyl (C=O) groups excluding carboxylic acids is 1. The van der Waals surface area contributed by atoms with Crippen molar-refractivity contribution in [1.82, 2.24) is 0 Å². The lowest BCUT2D eigenvalue weighted by molar-refractivity contribution is -0.112. The second kappa shape index (κ2) is 4.64. The minimum atomic E-state index is 0.313. The third-order valence-corrected chi connectivity index (χ3v) is 3.11. The molecule has 0 aromatic carbocycles. The Balaban J connectivity index is 2.30. The van der Waals surface area contributed by atoms with E-state index in [1.807, 2.05) is 0 Å². The summed E-state index contributed by atoms with van der Waals surface area (Å²) in [7, 11) is 0. The molecule has 0 aromatic rings. The lowest BCUT2D eigenvalue weighted by Gasteiger charge is -2.17. The third kappa shape index (κ3) is 2.62. The van der Waals surface area contributed by atoms with Crippen LogP contribution in [0.25, 0.3) is 0 Å². The van der Waals surface area contributed by atoms with Crippen molar-refractivity contribution in [2.75, 3.05) is 0 Å². The van der Waals surface area contributed by atoms with E-state index in [1.54, 1.807) is 0 Å². The molecule has 1 aliphatic carbocycles. The SMILES string of the molecule is CC(C)C(C=O)CC1CCCC1. The Labute approximate surface area is 75.5 Å². The molecule has 1 rings (SSSR count). The van der Waals surface area contributed by atoms with Crippen LogP contribution in [-0.2, 0) is 4.79 Å². The van der Waals surface area contributed by atoms with Crippen LogP contribution in [0, 0.1) is 17.8 Å². The first-order valence-corrected chi connectivity index (χ1v) is 5.19. The van der Waals surface area contributed by atoms with Crippen molar-refractivity contribution in [3.05, 3.63) is 0 Å². The van der Waals surface area contributed by atoms with Gasteiger partial charge in [-0.25, -0.2) is 0 Å². The van der Waals surface area contributed by atoms with Crippen LogP contribution in [0.3, 0.4) is 0 Å². The molecule has 0 aliphatic heterocycles. The molecule has 12 heavy (non-hydrogen) atoms. The molecule has 1 nitrogen and oxygen atoms in total. The van der Waals surface area contributed by atoms with Gasteiger partial charge in [0.15, 0.2) is 0 Å². The predicted octanol–water partition coefficient (Wildman–Crippen LogP) is 3.04. The zero-order valence-corrected chi connectivity index (χ0v) is 8.25. The lowest BCUT2D eigenvalue weighted by Crippen LogP contribution is -2.14. The molecule has 0 saturated heterocycles. The highest BCUT2D eigenvalue weighted by molar-refractivity contribution is 5.53. The standard InChI is InChI=1S/C11H20O/c1-9(2)11(8-12)7-10-5-3-4-6-10/h8-11H,3-7H2,1-2H3. The molecule has 0 radical (unpaired) electrons. The highest BCUT2D eigenvalue weighted by Crippen LogP contribution is 2.31. The second-order valence-corrected chi connectivity index (χ2v) is 4.43. The average Bonchev–Trinajstić information content (AvgIpc) is 2.51. The highest BCUT2D eigenvalue weighted by Gasteiger charge is 2.21. The molecule has 0 aromatic heterocycles. The van der Waals surface area contributed by atoms with E-state index in [4.69, 9.17) is 0 Å². The van der Waals surface area contributed by atoms with E-state index < -0.39 is 0 Å². The first-order chi connectivity index (χ1) is 5.74. The topological polar surface area (TPSA) is 17.1 Å². The molecule has 1 atom stereocenters. The highest BCUT2D eigenvalue weighted by atomic mass is 16.1. The van der Waals surface area contributed by atoms with E-state index >= 15 is 0 Å². The molecule has 0 amide bonds.